The van der Waals surface area contributed by atoms with Crippen molar-refractivity contribution in [2.45, 2.75) is 33.3 Å². The Morgan fingerprint density at radius 1 is 1.16 bits per heavy atom. The van der Waals surface area contributed by atoms with Crippen LogP contribution < -0.4 is 15.0 Å². The summed E-state index contributed by atoms with van der Waals surface area (Å²) in [5.74, 6) is 1.62. The van der Waals surface area contributed by atoms with Gasteiger partial charge in [-0.1, -0.05) is 29.8 Å². The molecule has 0 bridgehead atoms. The second kappa shape index (κ2) is 12.0. The highest BCUT2D eigenvalue weighted by Gasteiger charge is 2.15. The van der Waals surface area contributed by atoms with Gasteiger partial charge in [-0.2, -0.15) is 9.78 Å². The van der Waals surface area contributed by atoms with E-state index < -0.39 is 4.92 Å². The number of nitrogens with zero attached hydrogens (tertiary/aromatic N) is 4. The fraction of sp³-hybridized carbons (Fsp3) is 0.222. The zero-order valence-electron chi connectivity index (χ0n) is 20.9. The monoisotopic (exact) mass is 690 g/mol. The van der Waals surface area contributed by atoms with Crippen LogP contribution in [0.25, 0.3) is 10.9 Å². The molecule has 4 rings (SSSR count). The van der Waals surface area contributed by atoms with E-state index in [4.69, 9.17) is 9.47 Å². The van der Waals surface area contributed by atoms with Crippen LogP contribution in [0.5, 0.6) is 11.5 Å². The molecule has 11 heteroatoms. The first kappa shape index (κ1) is 27.7. The smallest absolute Gasteiger partial charge is 0.282 e. The summed E-state index contributed by atoms with van der Waals surface area (Å²) < 4.78 is 14.8. The summed E-state index contributed by atoms with van der Waals surface area (Å²) in [5, 5.41) is 15.9. The minimum Gasteiger partial charge on any atom is -0.490 e. The van der Waals surface area contributed by atoms with E-state index in [-0.39, 0.29) is 23.8 Å². The third-order valence-corrected chi connectivity index (χ3v) is 6.83. The van der Waals surface area contributed by atoms with E-state index >= 15 is 0 Å². The number of nitro groups is 1. The number of non-ortho nitro benzene ring substituents is 1. The molecule has 0 amide bonds. The predicted octanol–water partition coefficient (Wildman–Crippen LogP) is 6.66. The maximum absolute atomic E-state index is 13.3. The molecule has 4 aromatic rings. The van der Waals surface area contributed by atoms with Crippen molar-refractivity contribution in [3.8, 4) is 11.5 Å². The number of benzene rings is 3. The number of ether oxygens (including phenoxy) is 2. The first-order valence-corrected chi connectivity index (χ1v) is 13.6. The van der Waals surface area contributed by atoms with Crippen molar-refractivity contribution >= 4 is 61.3 Å². The number of halogens is 2. The first-order valence-electron chi connectivity index (χ1n) is 11.8. The zero-order valence-corrected chi connectivity index (χ0v) is 24.6. The SMILES string of the molecule is CCOc1cc(C=Nn2c(C(C)C)nc3ccc(Br)cc3c2=O)cc(I)c1OCc1ccc([N+](=O)[O-])cc1. The van der Waals surface area contributed by atoms with Crippen molar-refractivity contribution in [1.29, 1.82) is 0 Å². The minimum atomic E-state index is -0.438. The number of fused-ring (bicyclic) bond motifs is 1. The molecular formula is C27H24BrIN4O5. The summed E-state index contributed by atoms with van der Waals surface area (Å²) >= 11 is 5.58. The number of hydrogen-bond acceptors (Lipinski definition) is 7. The largest absolute Gasteiger partial charge is 0.490 e. The lowest BCUT2D eigenvalue weighted by molar-refractivity contribution is -0.384. The van der Waals surface area contributed by atoms with Crippen molar-refractivity contribution in [1.82, 2.24) is 9.66 Å². The minimum absolute atomic E-state index is 0.0240. The Bertz CT molecular complexity index is 1590. The van der Waals surface area contributed by atoms with Gasteiger partial charge in [0.15, 0.2) is 11.5 Å². The maximum atomic E-state index is 13.3. The van der Waals surface area contributed by atoms with Crippen LogP contribution in [0.15, 0.2) is 69.0 Å². The number of hydrogen-bond donors (Lipinski definition) is 0. The second-order valence-corrected chi connectivity index (χ2v) is 10.7. The van der Waals surface area contributed by atoms with Crippen molar-refractivity contribution in [2.24, 2.45) is 5.10 Å². The lowest BCUT2D eigenvalue weighted by Gasteiger charge is -2.15. The molecule has 0 fully saturated rings. The van der Waals surface area contributed by atoms with Gasteiger partial charge in [-0.3, -0.25) is 14.9 Å². The molecule has 0 saturated carbocycles. The summed E-state index contributed by atoms with van der Waals surface area (Å²) in [5.41, 5.74) is 1.90. The van der Waals surface area contributed by atoms with Gasteiger partial charge in [0.05, 0.1) is 32.2 Å². The fourth-order valence-electron chi connectivity index (χ4n) is 3.71. The van der Waals surface area contributed by atoms with Crippen molar-refractivity contribution in [3.05, 3.63) is 100 Å². The molecule has 0 aliphatic rings. The Morgan fingerprint density at radius 3 is 2.55 bits per heavy atom. The molecular weight excluding hydrogens is 667 g/mol. The van der Waals surface area contributed by atoms with E-state index in [0.717, 1.165) is 19.2 Å². The van der Waals surface area contributed by atoms with E-state index in [2.05, 4.69) is 48.6 Å². The Balaban J connectivity index is 1.66. The van der Waals surface area contributed by atoms with Crippen LogP contribution in [0.3, 0.4) is 0 Å². The van der Waals surface area contributed by atoms with Crippen LogP contribution in [0.4, 0.5) is 5.69 Å². The van der Waals surface area contributed by atoms with Crippen molar-refractivity contribution in [3.63, 3.8) is 0 Å². The molecule has 0 spiro atoms. The summed E-state index contributed by atoms with van der Waals surface area (Å²) in [6.07, 6.45) is 1.60. The number of nitro benzene ring substituents is 1. The Morgan fingerprint density at radius 2 is 1.89 bits per heavy atom. The lowest BCUT2D eigenvalue weighted by atomic mass is 10.2. The van der Waals surface area contributed by atoms with Gasteiger partial charge >= 0.3 is 0 Å². The van der Waals surface area contributed by atoms with E-state index in [1.54, 1.807) is 30.5 Å². The van der Waals surface area contributed by atoms with Gasteiger partial charge < -0.3 is 9.47 Å². The molecule has 3 aromatic carbocycles. The fourth-order valence-corrected chi connectivity index (χ4v) is 4.85. The van der Waals surface area contributed by atoms with Gasteiger partial charge in [0.1, 0.15) is 12.4 Å². The molecule has 9 nitrogen and oxygen atoms in total. The Hall–Kier alpha value is -3.32. The van der Waals surface area contributed by atoms with Crippen LogP contribution in [0.1, 0.15) is 43.6 Å². The summed E-state index contributed by atoms with van der Waals surface area (Å²) in [4.78, 5) is 28.4. The summed E-state index contributed by atoms with van der Waals surface area (Å²) in [6.45, 7) is 6.44. The molecule has 0 atom stereocenters. The van der Waals surface area contributed by atoms with Crippen LogP contribution in [-0.4, -0.2) is 27.4 Å². The van der Waals surface area contributed by atoms with E-state index in [1.807, 2.05) is 39.0 Å². The van der Waals surface area contributed by atoms with Gasteiger partial charge in [-0.05, 0) is 83.1 Å². The molecule has 196 valence electrons. The molecule has 1 aromatic heterocycles. The average molecular weight is 691 g/mol. The summed E-state index contributed by atoms with van der Waals surface area (Å²) in [7, 11) is 0. The average Bonchev–Trinajstić information content (AvgIpc) is 2.88. The van der Waals surface area contributed by atoms with Gasteiger partial charge in [0.25, 0.3) is 11.2 Å². The standard InChI is InChI=1S/C27H24BrIN4O5/c1-4-37-24-12-18(11-22(29)25(24)38-15-17-5-8-20(9-6-17)33(35)36)14-30-32-26(16(2)3)31-23-10-7-19(28)13-21(23)27(32)34/h5-14,16H,4,15H2,1-3H3. The van der Waals surface area contributed by atoms with Crippen molar-refractivity contribution in [2.75, 3.05) is 6.61 Å². The maximum Gasteiger partial charge on any atom is 0.282 e. The summed E-state index contributed by atoms with van der Waals surface area (Å²) in [6, 6.07) is 15.3. The topological polar surface area (TPSA) is 109 Å². The van der Waals surface area contributed by atoms with Gasteiger partial charge in [-0.25, -0.2) is 4.98 Å². The molecule has 0 saturated heterocycles. The normalized spacial score (nSPS) is 11.4. The van der Waals surface area contributed by atoms with Crippen molar-refractivity contribution < 1.29 is 14.4 Å². The van der Waals surface area contributed by atoms with Gasteiger partial charge in [0, 0.05) is 22.5 Å². The molecule has 0 radical (unpaired) electrons. The molecule has 0 aliphatic heterocycles. The third kappa shape index (κ3) is 6.21. The molecule has 0 N–H and O–H groups in total. The van der Waals surface area contributed by atoms with Gasteiger partial charge in [-0.15, -0.1) is 0 Å². The third-order valence-electron chi connectivity index (χ3n) is 5.53. The molecule has 0 unspecified atom stereocenters. The van der Waals surface area contributed by atoms with Crippen LogP contribution >= 0.6 is 38.5 Å². The predicted molar refractivity (Wildman–Crippen MR) is 159 cm³/mol. The quantitative estimate of drug-likeness (QED) is 0.0842. The molecule has 38 heavy (non-hydrogen) atoms. The number of rotatable bonds is 9. The van der Waals surface area contributed by atoms with E-state index in [0.29, 0.717) is 34.8 Å². The second-order valence-electron chi connectivity index (χ2n) is 8.62. The zero-order chi connectivity index (χ0) is 27.4. The van der Waals surface area contributed by atoms with Crippen LogP contribution in [-0.2, 0) is 6.61 Å². The Kier molecular flexibility index (Phi) is 8.77. The highest BCUT2D eigenvalue weighted by Crippen LogP contribution is 2.34. The molecule has 0 aliphatic carbocycles. The van der Waals surface area contributed by atoms with Crippen LogP contribution in [0.2, 0.25) is 0 Å². The lowest BCUT2D eigenvalue weighted by Crippen LogP contribution is -2.23. The molecule has 1 heterocycles. The van der Waals surface area contributed by atoms with E-state index in [1.165, 1.54) is 16.8 Å². The van der Waals surface area contributed by atoms with Gasteiger partial charge in [0.2, 0.25) is 0 Å². The highest BCUT2D eigenvalue weighted by atomic mass is 127. The van der Waals surface area contributed by atoms with E-state index in [9.17, 15) is 14.9 Å². The first-order chi connectivity index (χ1) is 18.2. The number of aromatic nitrogens is 2. The Labute approximate surface area is 240 Å². The highest BCUT2D eigenvalue weighted by molar-refractivity contribution is 14.1. The van der Waals surface area contributed by atoms with Crippen LogP contribution in [0, 0.1) is 13.7 Å².